The van der Waals surface area contributed by atoms with Crippen molar-refractivity contribution in [1.29, 1.82) is 0 Å². The summed E-state index contributed by atoms with van der Waals surface area (Å²) >= 11 is 0. The zero-order valence-electron chi connectivity index (χ0n) is 16.7. The molecule has 2 aliphatic rings. The zero-order chi connectivity index (χ0) is 20.4. The van der Waals surface area contributed by atoms with Crippen LogP contribution in [0.1, 0.15) is 50.4 Å². The smallest absolute Gasteiger partial charge is 0.330 e. The van der Waals surface area contributed by atoms with Gasteiger partial charge in [-0.1, -0.05) is 19.9 Å². The fourth-order valence-corrected chi connectivity index (χ4v) is 4.00. The van der Waals surface area contributed by atoms with Crippen molar-refractivity contribution in [2.45, 2.75) is 57.8 Å². The average Bonchev–Trinajstić information content (AvgIpc) is 3.18. The van der Waals surface area contributed by atoms with Crippen LogP contribution >= 0.6 is 0 Å². The predicted molar refractivity (Wildman–Crippen MR) is 103 cm³/mol. The lowest BCUT2D eigenvalue weighted by molar-refractivity contribution is -0.190. The first kappa shape index (κ1) is 20.6. The van der Waals surface area contributed by atoms with E-state index < -0.39 is 22.8 Å². The van der Waals surface area contributed by atoms with E-state index in [4.69, 9.17) is 14.2 Å². The molecule has 154 valence electrons. The normalized spacial score (nSPS) is 28.4. The number of hydrogen-bond acceptors (Lipinski definition) is 5. The number of benzene rings is 1. The molecule has 1 saturated carbocycles. The fraction of sp³-hybridized carbons (Fsp3) is 0.619. The topological polar surface area (TPSA) is 94.1 Å². The summed E-state index contributed by atoms with van der Waals surface area (Å²) in [5.41, 5.74) is -1.72. The van der Waals surface area contributed by atoms with Gasteiger partial charge in [-0.15, -0.1) is 0 Å². The number of nitrogens with one attached hydrogen (secondary N) is 1. The summed E-state index contributed by atoms with van der Waals surface area (Å²) < 4.78 is 16.9. The van der Waals surface area contributed by atoms with E-state index in [1.165, 1.54) is 0 Å². The van der Waals surface area contributed by atoms with Gasteiger partial charge in [0.1, 0.15) is 17.9 Å². The molecule has 1 saturated heterocycles. The number of rotatable bonds is 8. The second kappa shape index (κ2) is 8.09. The number of aliphatic carboxylic acids is 1. The van der Waals surface area contributed by atoms with Gasteiger partial charge in [-0.2, -0.15) is 0 Å². The molecule has 28 heavy (non-hydrogen) atoms. The molecule has 0 radical (unpaired) electrons. The van der Waals surface area contributed by atoms with E-state index in [2.05, 4.69) is 5.32 Å². The quantitative estimate of drug-likeness (QED) is 0.708. The highest BCUT2D eigenvalue weighted by molar-refractivity contribution is 5.99. The second-order valence-electron chi connectivity index (χ2n) is 8.01. The van der Waals surface area contributed by atoms with Gasteiger partial charge in [0.05, 0.1) is 12.2 Å². The summed E-state index contributed by atoms with van der Waals surface area (Å²) in [7, 11) is 0. The van der Waals surface area contributed by atoms with Crippen LogP contribution in [0.25, 0.3) is 0 Å². The first-order valence-electron chi connectivity index (χ1n) is 9.82. The summed E-state index contributed by atoms with van der Waals surface area (Å²) in [6.45, 7) is 7.19. The molecule has 0 bridgehead atoms. The average molecular weight is 391 g/mol. The molecule has 3 atom stereocenters. The fourth-order valence-electron chi connectivity index (χ4n) is 4.00. The van der Waals surface area contributed by atoms with E-state index in [1.54, 1.807) is 24.3 Å². The Morgan fingerprint density at radius 2 is 2.14 bits per heavy atom. The monoisotopic (exact) mass is 391 g/mol. The summed E-state index contributed by atoms with van der Waals surface area (Å²) in [6, 6.07) is 6.78. The molecule has 0 aromatic heterocycles. The van der Waals surface area contributed by atoms with Crippen molar-refractivity contribution in [2.24, 2.45) is 5.41 Å². The van der Waals surface area contributed by atoms with Crippen LogP contribution in [-0.2, 0) is 14.3 Å². The van der Waals surface area contributed by atoms with Gasteiger partial charge in [-0.05, 0) is 38.0 Å². The maximum Gasteiger partial charge on any atom is 0.330 e. The maximum atomic E-state index is 12.8. The number of amides is 1. The number of carbonyl (C=O) groups excluding carboxylic acids is 1. The molecule has 1 aliphatic heterocycles. The van der Waals surface area contributed by atoms with Crippen LogP contribution in [0.3, 0.4) is 0 Å². The Hall–Kier alpha value is -2.12. The molecule has 7 heteroatoms. The van der Waals surface area contributed by atoms with Gasteiger partial charge >= 0.3 is 5.97 Å². The third kappa shape index (κ3) is 3.73. The van der Waals surface area contributed by atoms with Gasteiger partial charge < -0.3 is 24.6 Å². The van der Waals surface area contributed by atoms with E-state index in [1.807, 2.05) is 20.8 Å². The molecule has 1 aromatic rings. The molecule has 0 spiro atoms. The highest BCUT2D eigenvalue weighted by atomic mass is 16.5. The van der Waals surface area contributed by atoms with Crippen molar-refractivity contribution in [3.8, 4) is 5.75 Å². The first-order valence-corrected chi connectivity index (χ1v) is 9.82. The predicted octanol–water partition coefficient (Wildman–Crippen LogP) is 2.63. The number of hydrogen-bond donors (Lipinski definition) is 2. The Balaban J connectivity index is 1.69. The Bertz CT molecular complexity index is 727. The van der Waals surface area contributed by atoms with E-state index in [9.17, 15) is 14.7 Å². The van der Waals surface area contributed by atoms with Gasteiger partial charge in [-0.3, -0.25) is 4.79 Å². The number of carbonyl (C=O) groups is 2. The van der Waals surface area contributed by atoms with Crippen molar-refractivity contribution in [2.75, 3.05) is 19.8 Å². The molecule has 2 N–H and O–H groups in total. The van der Waals surface area contributed by atoms with Crippen LogP contribution in [0.2, 0.25) is 0 Å². The van der Waals surface area contributed by atoms with E-state index in [0.29, 0.717) is 24.5 Å². The maximum absolute atomic E-state index is 12.8. The number of carboxylic acids is 1. The minimum absolute atomic E-state index is 0.0824. The summed E-state index contributed by atoms with van der Waals surface area (Å²) in [5.74, 6) is -0.923. The lowest BCUT2D eigenvalue weighted by Crippen LogP contribution is -2.76. The highest BCUT2D eigenvalue weighted by Gasteiger charge is 2.66. The van der Waals surface area contributed by atoms with Gasteiger partial charge in [0, 0.05) is 30.6 Å². The standard InChI is InChI=1S/C21H29NO6/c1-4-26-17-12-21(19(24)25,20(17,2)3)22-18(23)14-7-5-8-15(11-14)28-13-16-9-6-10-27-16/h5,7-8,11,16-17H,4,6,9-10,12-13H2,1-3H3,(H,22,23)(H,24,25). The van der Waals surface area contributed by atoms with Gasteiger partial charge in [0.2, 0.25) is 0 Å². The highest BCUT2D eigenvalue weighted by Crippen LogP contribution is 2.51. The van der Waals surface area contributed by atoms with Crippen LogP contribution < -0.4 is 10.1 Å². The lowest BCUT2D eigenvalue weighted by Gasteiger charge is -2.58. The lowest BCUT2D eigenvalue weighted by atomic mass is 9.54. The van der Waals surface area contributed by atoms with Gasteiger partial charge in [0.15, 0.2) is 0 Å². The second-order valence-corrected chi connectivity index (χ2v) is 8.01. The van der Waals surface area contributed by atoms with E-state index in [-0.39, 0.29) is 18.6 Å². The molecule has 2 fully saturated rings. The van der Waals surface area contributed by atoms with E-state index >= 15 is 0 Å². The Morgan fingerprint density at radius 3 is 2.75 bits per heavy atom. The summed E-state index contributed by atoms with van der Waals surface area (Å²) in [5, 5.41) is 12.6. The Labute approximate surface area is 165 Å². The number of carboxylic acid groups (broad SMARTS) is 1. The van der Waals surface area contributed by atoms with Crippen LogP contribution in [0.4, 0.5) is 0 Å². The van der Waals surface area contributed by atoms with Crippen molar-refractivity contribution in [3.05, 3.63) is 29.8 Å². The third-order valence-electron chi connectivity index (χ3n) is 6.01. The molecule has 1 amide bonds. The molecular formula is C21H29NO6. The third-order valence-corrected chi connectivity index (χ3v) is 6.01. The van der Waals surface area contributed by atoms with Crippen molar-refractivity contribution < 1.29 is 28.9 Å². The van der Waals surface area contributed by atoms with Gasteiger partial charge in [-0.25, -0.2) is 4.79 Å². The minimum Gasteiger partial charge on any atom is -0.491 e. The van der Waals surface area contributed by atoms with Crippen LogP contribution in [-0.4, -0.2) is 54.6 Å². The van der Waals surface area contributed by atoms with Crippen LogP contribution in [0, 0.1) is 5.41 Å². The van der Waals surface area contributed by atoms with E-state index in [0.717, 1.165) is 19.4 Å². The zero-order valence-corrected chi connectivity index (χ0v) is 16.7. The van der Waals surface area contributed by atoms with Crippen molar-refractivity contribution in [3.63, 3.8) is 0 Å². The molecule has 1 heterocycles. The summed E-state index contributed by atoms with van der Waals surface area (Å²) in [4.78, 5) is 24.9. The van der Waals surface area contributed by atoms with Gasteiger partial charge in [0.25, 0.3) is 5.91 Å². The summed E-state index contributed by atoms with van der Waals surface area (Å²) in [6.07, 6.45) is 2.11. The molecule has 1 aromatic carbocycles. The number of ether oxygens (including phenoxy) is 3. The Kier molecular flexibility index (Phi) is 5.95. The largest absolute Gasteiger partial charge is 0.491 e. The molecular weight excluding hydrogens is 362 g/mol. The molecule has 7 nitrogen and oxygen atoms in total. The molecule has 3 rings (SSSR count). The minimum atomic E-state index is -1.36. The van der Waals surface area contributed by atoms with Crippen molar-refractivity contribution >= 4 is 11.9 Å². The Morgan fingerprint density at radius 1 is 1.36 bits per heavy atom. The molecule has 1 aliphatic carbocycles. The van der Waals surface area contributed by atoms with Crippen LogP contribution in [0.15, 0.2) is 24.3 Å². The SMILES string of the molecule is CCOC1CC(NC(=O)c2cccc(OCC3CCCO3)c2)(C(=O)O)C1(C)C. The van der Waals surface area contributed by atoms with Crippen LogP contribution in [0.5, 0.6) is 5.75 Å². The first-order chi connectivity index (χ1) is 13.3. The van der Waals surface area contributed by atoms with Crippen molar-refractivity contribution in [1.82, 2.24) is 5.32 Å². The molecule has 3 unspecified atom stereocenters.